The summed E-state index contributed by atoms with van der Waals surface area (Å²) in [5.74, 6) is 0.467. The lowest BCUT2D eigenvalue weighted by Crippen LogP contribution is -2.11. The molecule has 0 unspecified atom stereocenters. The van der Waals surface area contributed by atoms with Crippen LogP contribution in [-0.2, 0) is 6.61 Å². The highest BCUT2D eigenvalue weighted by Crippen LogP contribution is 2.22. The number of ketones is 1. The maximum Gasteiger partial charge on any atom is 0.267 e. The molecule has 1 amide bonds. The fourth-order valence-corrected chi connectivity index (χ4v) is 3.26. The summed E-state index contributed by atoms with van der Waals surface area (Å²) in [4.78, 5) is 28.9. The zero-order valence-electron chi connectivity index (χ0n) is 14.5. The summed E-state index contributed by atoms with van der Waals surface area (Å²) in [5, 5.41) is 3.55. The van der Waals surface area contributed by atoms with E-state index in [1.807, 2.05) is 30.3 Å². The lowest BCUT2D eigenvalue weighted by molar-refractivity contribution is 0.101. The van der Waals surface area contributed by atoms with Crippen LogP contribution in [0.25, 0.3) is 0 Å². The van der Waals surface area contributed by atoms with Crippen LogP contribution < -0.4 is 10.1 Å². The minimum absolute atomic E-state index is 0.0459. The van der Waals surface area contributed by atoms with Crippen LogP contribution in [0.5, 0.6) is 5.75 Å². The van der Waals surface area contributed by atoms with E-state index in [0.717, 1.165) is 10.8 Å². The number of para-hydroxylation sites is 1. The molecule has 26 heavy (non-hydrogen) atoms. The van der Waals surface area contributed by atoms with E-state index in [9.17, 15) is 9.59 Å². The number of carbonyl (C=O) groups excluding carboxylic acids is 2. The average molecular weight is 366 g/mol. The summed E-state index contributed by atoms with van der Waals surface area (Å²) in [5.41, 5.74) is 1.79. The van der Waals surface area contributed by atoms with Gasteiger partial charge in [-0.3, -0.25) is 9.59 Å². The molecule has 0 spiro atoms. The minimum atomic E-state index is -0.244. The first-order chi connectivity index (χ1) is 12.5. The van der Waals surface area contributed by atoms with Gasteiger partial charge < -0.3 is 10.1 Å². The van der Waals surface area contributed by atoms with Gasteiger partial charge in [0.2, 0.25) is 0 Å². The van der Waals surface area contributed by atoms with Gasteiger partial charge in [-0.05, 0) is 38.1 Å². The monoisotopic (exact) mass is 366 g/mol. The van der Waals surface area contributed by atoms with E-state index in [-0.39, 0.29) is 11.7 Å². The topological polar surface area (TPSA) is 68.3 Å². The van der Waals surface area contributed by atoms with Crippen LogP contribution in [-0.4, -0.2) is 16.7 Å². The predicted molar refractivity (Wildman–Crippen MR) is 102 cm³/mol. The molecule has 0 aliphatic carbocycles. The lowest BCUT2D eigenvalue weighted by atomic mass is 10.1. The third-order valence-corrected chi connectivity index (χ3v) is 4.81. The van der Waals surface area contributed by atoms with Gasteiger partial charge in [0.25, 0.3) is 5.91 Å². The molecule has 0 atom stereocenters. The van der Waals surface area contributed by atoms with Crippen molar-refractivity contribution < 1.29 is 14.3 Å². The zero-order valence-corrected chi connectivity index (χ0v) is 15.3. The maximum absolute atomic E-state index is 12.5. The first-order valence-corrected chi connectivity index (χ1v) is 8.91. The number of benzene rings is 2. The molecule has 0 aliphatic heterocycles. The van der Waals surface area contributed by atoms with E-state index in [1.54, 1.807) is 31.2 Å². The molecule has 5 nitrogen and oxygen atoms in total. The van der Waals surface area contributed by atoms with E-state index < -0.39 is 0 Å². The number of thiazole rings is 1. The van der Waals surface area contributed by atoms with Crippen LogP contribution in [0.4, 0.5) is 5.69 Å². The highest BCUT2D eigenvalue weighted by atomic mass is 32.1. The summed E-state index contributed by atoms with van der Waals surface area (Å²) in [6.07, 6.45) is 0. The largest absolute Gasteiger partial charge is 0.486 e. The Kier molecular flexibility index (Phi) is 5.43. The molecule has 0 saturated heterocycles. The summed E-state index contributed by atoms with van der Waals surface area (Å²) in [6, 6.07) is 16.3. The van der Waals surface area contributed by atoms with Crippen LogP contribution in [0.1, 0.15) is 37.7 Å². The number of nitrogens with zero attached hydrogens (tertiary/aromatic N) is 1. The van der Waals surface area contributed by atoms with E-state index in [2.05, 4.69) is 10.3 Å². The molecule has 132 valence electrons. The Balaban J connectivity index is 1.69. The van der Waals surface area contributed by atoms with Gasteiger partial charge in [0.1, 0.15) is 22.2 Å². The molecule has 0 aliphatic rings. The number of nitrogens with one attached hydrogen (secondary N) is 1. The number of hydrogen-bond donors (Lipinski definition) is 1. The maximum atomic E-state index is 12.5. The Labute approximate surface area is 155 Å². The number of aromatic nitrogens is 1. The van der Waals surface area contributed by atoms with Crippen LogP contribution >= 0.6 is 11.3 Å². The van der Waals surface area contributed by atoms with Gasteiger partial charge in [0, 0.05) is 11.3 Å². The first-order valence-electron chi connectivity index (χ1n) is 8.09. The van der Waals surface area contributed by atoms with Crippen molar-refractivity contribution >= 4 is 28.7 Å². The Morgan fingerprint density at radius 2 is 1.88 bits per heavy atom. The molecule has 0 fully saturated rings. The Bertz CT molecular complexity index is 935. The number of Topliss-reactive ketones (excluding diaryl/α,β-unsaturated/α-hetero) is 1. The third kappa shape index (κ3) is 4.34. The number of anilines is 1. The van der Waals surface area contributed by atoms with Crippen molar-refractivity contribution in [1.82, 2.24) is 4.98 Å². The molecule has 0 bridgehead atoms. The molecule has 0 saturated carbocycles. The smallest absolute Gasteiger partial charge is 0.267 e. The standard InChI is InChI=1S/C20H18N2O3S/c1-13-19(20(24)22-16-8-6-7-15(11-16)14(2)23)26-18(21-13)12-25-17-9-4-3-5-10-17/h3-11H,12H2,1-2H3,(H,22,24). The Morgan fingerprint density at radius 3 is 2.62 bits per heavy atom. The number of rotatable bonds is 6. The Morgan fingerprint density at radius 1 is 1.12 bits per heavy atom. The second kappa shape index (κ2) is 7.93. The fraction of sp³-hybridized carbons (Fsp3) is 0.150. The molecular formula is C20H18N2O3S. The highest BCUT2D eigenvalue weighted by molar-refractivity contribution is 7.13. The molecule has 0 radical (unpaired) electrons. The van der Waals surface area contributed by atoms with Crippen molar-refractivity contribution in [1.29, 1.82) is 0 Å². The van der Waals surface area contributed by atoms with Gasteiger partial charge >= 0.3 is 0 Å². The first kappa shape index (κ1) is 17.8. The van der Waals surface area contributed by atoms with Crippen molar-refractivity contribution in [3.63, 3.8) is 0 Å². The van der Waals surface area contributed by atoms with Crippen molar-refractivity contribution in [3.8, 4) is 5.75 Å². The Hall–Kier alpha value is -2.99. The second-order valence-corrected chi connectivity index (χ2v) is 6.80. The van der Waals surface area contributed by atoms with Crippen LogP contribution in [0.3, 0.4) is 0 Å². The van der Waals surface area contributed by atoms with Gasteiger partial charge in [0.05, 0.1) is 5.69 Å². The number of amides is 1. The quantitative estimate of drug-likeness (QED) is 0.653. The van der Waals surface area contributed by atoms with E-state index in [1.165, 1.54) is 18.3 Å². The molecule has 3 rings (SSSR count). The second-order valence-electron chi connectivity index (χ2n) is 5.71. The normalized spacial score (nSPS) is 10.4. The van der Waals surface area contributed by atoms with Gasteiger partial charge in [0.15, 0.2) is 5.78 Å². The molecule has 6 heteroatoms. The van der Waals surface area contributed by atoms with Crippen molar-refractivity contribution in [2.45, 2.75) is 20.5 Å². The third-order valence-electron chi connectivity index (χ3n) is 3.68. The van der Waals surface area contributed by atoms with Gasteiger partial charge in [-0.1, -0.05) is 30.3 Å². The van der Waals surface area contributed by atoms with Crippen molar-refractivity contribution in [2.75, 3.05) is 5.32 Å². The lowest BCUT2D eigenvalue weighted by Gasteiger charge is -2.05. The summed E-state index contributed by atoms with van der Waals surface area (Å²) >= 11 is 1.30. The van der Waals surface area contributed by atoms with E-state index in [0.29, 0.717) is 28.4 Å². The molecule has 1 N–H and O–H groups in total. The fourth-order valence-electron chi connectivity index (χ4n) is 2.39. The van der Waals surface area contributed by atoms with Crippen LogP contribution in [0, 0.1) is 6.92 Å². The van der Waals surface area contributed by atoms with E-state index in [4.69, 9.17) is 4.74 Å². The molecular weight excluding hydrogens is 348 g/mol. The molecule has 3 aromatic rings. The number of hydrogen-bond acceptors (Lipinski definition) is 5. The van der Waals surface area contributed by atoms with Gasteiger partial charge in [-0.15, -0.1) is 11.3 Å². The predicted octanol–water partition coefficient (Wildman–Crippen LogP) is 4.49. The number of ether oxygens (including phenoxy) is 1. The SMILES string of the molecule is CC(=O)c1cccc(NC(=O)c2sc(COc3ccccc3)nc2C)c1. The van der Waals surface area contributed by atoms with E-state index >= 15 is 0 Å². The van der Waals surface area contributed by atoms with Gasteiger partial charge in [-0.2, -0.15) is 0 Å². The summed E-state index contributed by atoms with van der Waals surface area (Å²) < 4.78 is 5.68. The molecule has 2 aromatic carbocycles. The zero-order chi connectivity index (χ0) is 18.5. The molecule has 1 aromatic heterocycles. The summed E-state index contributed by atoms with van der Waals surface area (Å²) in [6.45, 7) is 3.60. The number of aryl methyl sites for hydroxylation is 1. The van der Waals surface area contributed by atoms with Crippen molar-refractivity contribution in [3.05, 3.63) is 75.7 Å². The summed E-state index contributed by atoms with van der Waals surface area (Å²) in [7, 11) is 0. The number of carbonyl (C=O) groups is 2. The average Bonchev–Trinajstić information content (AvgIpc) is 3.02. The van der Waals surface area contributed by atoms with Crippen molar-refractivity contribution in [2.24, 2.45) is 0 Å². The van der Waals surface area contributed by atoms with Crippen LogP contribution in [0.2, 0.25) is 0 Å². The minimum Gasteiger partial charge on any atom is -0.486 e. The highest BCUT2D eigenvalue weighted by Gasteiger charge is 2.16. The molecule has 1 heterocycles. The van der Waals surface area contributed by atoms with Gasteiger partial charge in [-0.25, -0.2) is 4.98 Å². The van der Waals surface area contributed by atoms with Crippen LogP contribution in [0.15, 0.2) is 54.6 Å².